The van der Waals surface area contributed by atoms with Crippen LogP contribution in [0.5, 0.6) is 0 Å². The lowest BCUT2D eigenvalue weighted by atomic mass is 9.96. The first-order valence-corrected chi connectivity index (χ1v) is 6.96. The van der Waals surface area contributed by atoms with Gasteiger partial charge in [0.05, 0.1) is 0 Å². The van der Waals surface area contributed by atoms with Crippen LogP contribution >= 0.6 is 0 Å². The van der Waals surface area contributed by atoms with Crippen molar-refractivity contribution in [1.29, 1.82) is 0 Å². The summed E-state index contributed by atoms with van der Waals surface area (Å²) in [5, 5.41) is 7.50. The summed E-state index contributed by atoms with van der Waals surface area (Å²) in [4.78, 5) is 4.49. The SMILES string of the molecule is Cc1cccc(NC(C)c2nc(C(C)(C)C)no2)c1C. The van der Waals surface area contributed by atoms with Crippen molar-refractivity contribution in [1.82, 2.24) is 10.1 Å². The van der Waals surface area contributed by atoms with Crippen LogP contribution in [-0.2, 0) is 5.41 Å². The lowest BCUT2D eigenvalue weighted by Gasteiger charge is -2.15. The Morgan fingerprint density at radius 2 is 1.90 bits per heavy atom. The van der Waals surface area contributed by atoms with E-state index in [0.29, 0.717) is 5.89 Å². The zero-order valence-electron chi connectivity index (χ0n) is 13.1. The minimum atomic E-state index is -0.0965. The van der Waals surface area contributed by atoms with Gasteiger partial charge in [-0.3, -0.25) is 0 Å². The summed E-state index contributed by atoms with van der Waals surface area (Å²) in [5.41, 5.74) is 3.52. The summed E-state index contributed by atoms with van der Waals surface area (Å²) in [6.07, 6.45) is 0. The fourth-order valence-electron chi connectivity index (χ4n) is 1.92. The van der Waals surface area contributed by atoms with Crippen LogP contribution in [0.25, 0.3) is 0 Å². The van der Waals surface area contributed by atoms with Crippen molar-refractivity contribution in [2.75, 3.05) is 5.32 Å². The lowest BCUT2D eigenvalue weighted by Crippen LogP contribution is -2.14. The number of hydrogen-bond acceptors (Lipinski definition) is 4. The van der Waals surface area contributed by atoms with E-state index in [2.05, 4.69) is 62.2 Å². The predicted octanol–water partition coefficient (Wildman–Crippen LogP) is 4.16. The second-order valence-corrected chi connectivity index (χ2v) is 6.32. The first-order chi connectivity index (χ1) is 9.29. The molecule has 0 aliphatic heterocycles. The third-order valence-electron chi connectivity index (χ3n) is 3.46. The minimum Gasteiger partial charge on any atom is -0.374 e. The Morgan fingerprint density at radius 1 is 1.20 bits per heavy atom. The number of anilines is 1. The first-order valence-electron chi connectivity index (χ1n) is 6.96. The van der Waals surface area contributed by atoms with Crippen LogP contribution < -0.4 is 5.32 Å². The van der Waals surface area contributed by atoms with Crippen LogP contribution in [-0.4, -0.2) is 10.1 Å². The quantitative estimate of drug-likeness (QED) is 0.912. The highest BCUT2D eigenvalue weighted by Gasteiger charge is 2.23. The molecule has 1 N–H and O–H groups in total. The van der Waals surface area contributed by atoms with E-state index in [1.807, 2.05) is 13.0 Å². The Bertz CT molecular complexity index is 596. The fourth-order valence-corrected chi connectivity index (χ4v) is 1.92. The van der Waals surface area contributed by atoms with E-state index in [-0.39, 0.29) is 11.5 Å². The fraction of sp³-hybridized carbons (Fsp3) is 0.500. The first kappa shape index (κ1) is 14.6. The molecular weight excluding hydrogens is 250 g/mol. The summed E-state index contributed by atoms with van der Waals surface area (Å²) < 4.78 is 5.37. The number of nitrogens with zero attached hydrogens (tertiary/aromatic N) is 2. The third-order valence-corrected chi connectivity index (χ3v) is 3.46. The summed E-state index contributed by atoms with van der Waals surface area (Å²) in [6.45, 7) is 12.5. The molecular formula is C16H23N3O. The van der Waals surface area contributed by atoms with E-state index in [1.165, 1.54) is 11.1 Å². The molecule has 1 aromatic heterocycles. The Hall–Kier alpha value is -1.84. The van der Waals surface area contributed by atoms with Crippen LogP contribution in [0.4, 0.5) is 5.69 Å². The van der Waals surface area contributed by atoms with E-state index in [1.54, 1.807) is 0 Å². The second kappa shape index (κ2) is 5.27. The molecule has 0 bridgehead atoms. The average molecular weight is 273 g/mol. The van der Waals surface area contributed by atoms with Crippen LogP contribution in [0.3, 0.4) is 0 Å². The Morgan fingerprint density at radius 3 is 2.50 bits per heavy atom. The summed E-state index contributed by atoms with van der Waals surface area (Å²) in [7, 11) is 0. The van der Waals surface area contributed by atoms with Crippen LogP contribution in [0.15, 0.2) is 22.7 Å². The number of hydrogen-bond donors (Lipinski definition) is 1. The maximum Gasteiger partial charge on any atom is 0.248 e. The molecule has 0 amide bonds. The molecule has 0 saturated heterocycles. The molecule has 1 atom stereocenters. The van der Waals surface area contributed by atoms with E-state index in [0.717, 1.165) is 11.5 Å². The third kappa shape index (κ3) is 3.00. The average Bonchev–Trinajstić information content (AvgIpc) is 2.84. The lowest BCUT2D eigenvalue weighted by molar-refractivity contribution is 0.354. The molecule has 0 aliphatic carbocycles. The highest BCUT2D eigenvalue weighted by molar-refractivity contribution is 5.54. The monoisotopic (exact) mass is 273 g/mol. The largest absolute Gasteiger partial charge is 0.374 e. The van der Waals surface area contributed by atoms with Gasteiger partial charge >= 0.3 is 0 Å². The molecule has 2 aromatic rings. The van der Waals surface area contributed by atoms with Gasteiger partial charge in [-0.05, 0) is 38.0 Å². The van der Waals surface area contributed by atoms with E-state index in [4.69, 9.17) is 4.52 Å². The van der Waals surface area contributed by atoms with E-state index < -0.39 is 0 Å². The van der Waals surface area contributed by atoms with Gasteiger partial charge in [0.1, 0.15) is 6.04 Å². The van der Waals surface area contributed by atoms with Gasteiger partial charge in [-0.15, -0.1) is 0 Å². The van der Waals surface area contributed by atoms with E-state index in [9.17, 15) is 0 Å². The molecule has 0 aliphatic rings. The molecule has 1 heterocycles. The number of benzene rings is 1. The van der Waals surface area contributed by atoms with E-state index >= 15 is 0 Å². The number of rotatable bonds is 3. The highest BCUT2D eigenvalue weighted by atomic mass is 16.5. The van der Waals surface area contributed by atoms with Gasteiger partial charge in [-0.1, -0.05) is 38.1 Å². The maximum absolute atomic E-state index is 5.37. The summed E-state index contributed by atoms with van der Waals surface area (Å²) in [5.74, 6) is 1.36. The Kier molecular flexibility index (Phi) is 3.84. The Balaban J connectivity index is 2.18. The number of aromatic nitrogens is 2. The molecule has 0 radical (unpaired) electrons. The smallest absolute Gasteiger partial charge is 0.248 e. The van der Waals surface area contributed by atoms with Crippen molar-refractivity contribution in [3.8, 4) is 0 Å². The second-order valence-electron chi connectivity index (χ2n) is 6.32. The summed E-state index contributed by atoms with van der Waals surface area (Å²) >= 11 is 0. The van der Waals surface area contributed by atoms with Crippen molar-refractivity contribution in [3.05, 3.63) is 41.0 Å². The van der Waals surface area contributed by atoms with Crippen LogP contribution in [0.1, 0.15) is 56.6 Å². The molecule has 20 heavy (non-hydrogen) atoms. The minimum absolute atomic E-state index is 0.0147. The van der Waals surface area contributed by atoms with Crippen LogP contribution in [0.2, 0.25) is 0 Å². The summed E-state index contributed by atoms with van der Waals surface area (Å²) in [6, 6.07) is 6.21. The Labute approximate surface area is 120 Å². The molecule has 108 valence electrons. The van der Waals surface area contributed by atoms with Crippen molar-refractivity contribution in [3.63, 3.8) is 0 Å². The van der Waals surface area contributed by atoms with Gasteiger partial charge < -0.3 is 9.84 Å². The molecule has 4 nitrogen and oxygen atoms in total. The maximum atomic E-state index is 5.37. The van der Waals surface area contributed by atoms with Crippen molar-refractivity contribution < 1.29 is 4.52 Å². The zero-order valence-corrected chi connectivity index (χ0v) is 13.1. The highest BCUT2D eigenvalue weighted by Crippen LogP contribution is 2.25. The topological polar surface area (TPSA) is 51.0 Å². The normalized spacial score (nSPS) is 13.3. The molecule has 2 rings (SSSR count). The van der Waals surface area contributed by atoms with Crippen molar-refractivity contribution in [2.45, 2.75) is 53.0 Å². The van der Waals surface area contributed by atoms with Gasteiger partial charge in [0.25, 0.3) is 0 Å². The molecule has 0 saturated carbocycles. The van der Waals surface area contributed by atoms with Gasteiger partial charge in [0.2, 0.25) is 5.89 Å². The van der Waals surface area contributed by atoms with Gasteiger partial charge in [-0.2, -0.15) is 4.98 Å². The molecule has 1 unspecified atom stereocenters. The van der Waals surface area contributed by atoms with Gasteiger partial charge in [0.15, 0.2) is 5.82 Å². The molecule has 0 fully saturated rings. The zero-order chi connectivity index (χ0) is 14.9. The van der Waals surface area contributed by atoms with Gasteiger partial charge in [-0.25, -0.2) is 0 Å². The van der Waals surface area contributed by atoms with Crippen molar-refractivity contribution >= 4 is 5.69 Å². The number of aryl methyl sites for hydroxylation is 1. The molecule has 0 spiro atoms. The number of nitrogens with one attached hydrogen (secondary N) is 1. The van der Waals surface area contributed by atoms with Crippen molar-refractivity contribution in [2.24, 2.45) is 0 Å². The predicted molar refractivity (Wildman–Crippen MR) is 81.0 cm³/mol. The van der Waals surface area contributed by atoms with Crippen LogP contribution in [0, 0.1) is 13.8 Å². The molecule has 4 heteroatoms. The van der Waals surface area contributed by atoms with Gasteiger partial charge in [0, 0.05) is 11.1 Å². The standard InChI is InChI=1S/C16H23N3O/c1-10-8-7-9-13(11(10)2)17-12(3)14-18-15(19-20-14)16(4,5)6/h7-9,12,17H,1-6H3. The molecule has 1 aromatic carbocycles.